The predicted molar refractivity (Wildman–Crippen MR) is 75.3 cm³/mol. The van der Waals surface area contributed by atoms with Crippen LogP contribution >= 0.6 is 11.6 Å². The number of carbonyl (C=O) groups is 2. The Kier molecular flexibility index (Phi) is 4.84. The van der Waals surface area contributed by atoms with Gasteiger partial charge >= 0.3 is 5.97 Å². The van der Waals surface area contributed by atoms with Crippen LogP contribution in [0.5, 0.6) is 0 Å². The summed E-state index contributed by atoms with van der Waals surface area (Å²) in [7, 11) is 0. The molecule has 0 unspecified atom stereocenters. The van der Waals surface area contributed by atoms with E-state index in [0.29, 0.717) is 23.9 Å². The quantitative estimate of drug-likeness (QED) is 0.890. The highest BCUT2D eigenvalue weighted by Gasteiger charge is 2.26. The Hall–Kier alpha value is -1.60. The van der Waals surface area contributed by atoms with Gasteiger partial charge in [-0.15, -0.1) is 0 Å². The van der Waals surface area contributed by atoms with Gasteiger partial charge < -0.3 is 14.7 Å². The van der Waals surface area contributed by atoms with Gasteiger partial charge in [-0.1, -0.05) is 11.6 Å². The van der Waals surface area contributed by atoms with Gasteiger partial charge in [-0.25, -0.2) is 0 Å². The number of hydrogen-bond acceptors (Lipinski definition) is 4. The molecule has 2 heterocycles. The van der Waals surface area contributed by atoms with Crippen LogP contribution in [0.25, 0.3) is 0 Å². The maximum absolute atomic E-state index is 12.3. The summed E-state index contributed by atoms with van der Waals surface area (Å²) in [6.07, 6.45) is -0.556. The first-order chi connectivity index (χ1) is 9.88. The molecule has 0 radical (unpaired) electrons. The third-order valence-electron chi connectivity index (χ3n) is 3.47. The number of carbonyl (C=O) groups excluding carboxylic acids is 1. The molecule has 0 saturated carbocycles. The second-order valence-electron chi connectivity index (χ2n) is 5.07. The molecule has 1 fully saturated rings. The minimum atomic E-state index is -0.931. The van der Waals surface area contributed by atoms with Gasteiger partial charge in [0.1, 0.15) is 6.54 Å². The molecule has 1 aliphatic rings. The Morgan fingerprint density at radius 1 is 1.48 bits per heavy atom. The van der Waals surface area contributed by atoms with Crippen molar-refractivity contribution in [3.8, 4) is 0 Å². The minimum Gasteiger partial charge on any atom is -0.481 e. The molecule has 0 spiro atoms. The van der Waals surface area contributed by atoms with Crippen LogP contribution in [0.1, 0.15) is 17.8 Å². The number of carboxylic acid groups (broad SMARTS) is 1. The van der Waals surface area contributed by atoms with Crippen molar-refractivity contribution in [2.75, 3.05) is 19.7 Å². The first kappa shape index (κ1) is 15.8. The fraction of sp³-hybridized carbons (Fsp3) is 0.615. The average Bonchev–Trinajstić information content (AvgIpc) is 2.66. The van der Waals surface area contributed by atoms with E-state index < -0.39 is 12.1 Å². The van der Waals surface area contributed by atoms with E-state index in [4.69, 9.17) is 21.4 Å². The van der Waals surface area contributed by atoms with E-state index in [2.05, 4.69) is 5.10 Å². The number of ether oxygens (including phenoxy) is 1. The summed E-state index contributed by atoms with van der Waals surface area (Å²) >= 11 is 6.05. The van der Waals surface area contributed by atoms with Crippen LogP contribution in [0.3, 0.4) is 0 Å². The van der Waals surface area contributed by atoms with Crippen molar-refractivity contribution in [1.29, 1.82) is 0 Å². The van der Waals surface area contributed by atoms with Crippen molar-refractivity contribution < 1.29 is 19.4 Å². The van der Waals surface area contributed by atoms with E-state index in [-0.39, 0.29) is 25.4 Å². The lowest BCUT2D eigenvalue weighted by Crippen LogP contribution is -2.47. The van der Waals surface area contributed by atoms with Crippen molar-refractivity contribution in [1.82, 2.24) is 14.7 Å². The van der Waals surface area contributed by atoms with Gasteiger partial charge in [-0.3, -0.25) is 14.3 Å². The van der Waals surface area contributed by atoms with Crippen LogP contribution in [0, 0.1) is 13.8 Å². The molecule has 116 valence electrons. The number of carboxylic acids is 1. The molecule has 1 aliphatic heterocycles. The smallest absolute Gasteiger partial charge is 0.306 e. The van der Waals surface area contributed by atoms with E-state index >= 15 is 0 Å². The molecule has 8 heteroatoms. The second kappa shape index (κ2) is 6.44. The van der Waals surface area contributed by atoms with Gasteiger partial charge in [0, 0.05) is 13.1 Å². The Bertz CT molecular complexity index is 558. The monoisotopic (exact) mass is 315 g/mol. The summed E-state index contributed by atoms with van der Waals surface area (Å²) in [5.41, 5.74) is 1.44. The summed E-state index contributed by atoms with van der Waals surface area (Å²) in [5, 5.41) is 13.6. The number of aliphatic carboxylic acids is 1. The summed E-state index contributed by atoms with van der Waals surface area (Å²) in [6.45, 7) is 4.79. The molecule has 0 aliphatic carbocycles. The van der Waals surface area contributed by atoms with Crippen molar-refractivity contribution in [3.05, 3.63) is 16.4 Å². The summed E-state index contributed by atoms with van der Waals surface area (Å²) in [4.78, 5) is 24.6. The van der Waals surface area contributed by atoms with Gasteiger partial charge in [0.2, 0.25) is 5.91 Å². The molecule has 21 heavy (non-hydrogen) atoms. The summed E-state index contributed by atoms with van der Waals surface area (Å²) in [6, 6.07) is 0. The van der Waals surface area contributed by atoms with Crippen LogP contribution in [-0.4, -0.2) is 57.5 Å². The summed E-state index contributed by atoms with van der Waals surface area (Å²) < 4.78 is 6.92. The molecule has 1 aromatic rings. The van der Waals surface area contributed by atoms with Crippen molar-refractivity contribution in [3.63, 3.8) is 0 Å². The first-order valence-electron chi connectivity index (χ1n) is 6.69. The fourth-order valence-corrected chi connectivity index (χ4v) is 2.46. The van der Waals surface area contributed by atoms with Gasteiger partial charge in [0.25, 0.3) is 0 Å². The predicted octanol–water partition coefficient (Wildman–Crippen LogP) is 0.855. The molecule has 1 amide bonds. The molecule has 1 atom stereocenters. The Labute approximate surface area is 127 Å². The molecule has 0 bridgehead atoms. The molecule has 1 N–H and O–H groups in total. The minimum absolute atomic E-state index is 0.0964. The highest BCUT2D eigenvalue weighted by atomic mass is 35.5. The molecular weight excluding hydrogens is 298 g/mol. The Morgan fingerprint density at radius 3 is 2.76 bits per heavy atom. The van der Waals surface area contributed by atoms with E-state index in [1.807, 2.05) is 6.92 Å². The van der Waals surface area contributed by atoms with Crippen molar-refractivity contribution >= 4 is 23.5 Å². The van der Waals surface area contributed by atoms with Crippen LogP contribution in [0.15, 0.2) is 0 Å². The number of hydrogen-bond donors (Lipinski definition) is 1. The highest BCUT2D eigenvalue weighted by molar-refractivity contribution is 6.31. The maximum atomic E-state index is 12.3. The number of nitrogens with zero attached hydrogens (tertiary/aromatic N) is 3. The number of aromatic nitrogens is 2. The average molecular weight is 316 g/mol. The number of rotatable bonds is 4. The maximum Gasteiger partial charge on any atom is 0.306 e. The fourth-order valence-electron chi connectivity index (χ4n) is 2.32. The zero-order valence-electron chi connectivity index (χ0n) is 12.0. The Balaban J connectivity index is 1.99. The van der Waals surface area contributed by atoms with E-state index in [0.717, 1.165) is 5.69 Å². The van der Waals surface area contributed by atoms with E-state index in [9.17, 15) is 9.59 Å². The molecule has 0 aromatic carbocycles. The van der Waals surface area contributed by atoms with Crippen LogP contribution in [-0.2, 0) is 20.9 Å². The Morgan fingerprint density at radius 2 is 2.19 bits per heavy atom. The van der Waals surface area contributed by atoms with Crippen LogP contribution in [0.2, 0.25) is 5.02 Å². The van der Waals surface area contributed by atoms with Crippen LogP contribution < -0.4 is 0 Å². The van der Waals surface area contributed by atoms with Gasteiger partial charge in [-0.2, -0.15) is 5.10 Å². The SMILES string of the molecule is Cc1nn(CC(=O)N2CCO[C@H](CC(=O)O)C2)c(C)c1Cl. The summed E-state index contributed by atoms with van der Waals surface area (Å²) in [5.74, 6) is -1.05. The first-order valence-corrected chi connectivity index (χ1v) is 7.07. The van der Waals surface area contributed by atoms with Gasteiger partial charge in [0.15, 0.2) is 0 Å². The number of morpholine rings is 1. The van der Waals surface area contributed by atoms with Crippen molar-refractivity contribution in [2.24, 2.45) is 0 Å². The second-order valence-corrected chi connectivity index (χ2v) is 5.45. The number of halogens is 1. The number of amides is 1. The molecule has 1 saturated heterocycles. The van der Waals surface area contributed by atoms with Crippen molar-refractivity contribution in [2.45, 2.75) is 32.9 Å². The van der Waals surface area contributed by atoms with E-state index in [1.165, 1.54) is 0 Å². The zero-order valence-corrected chi connectivity index (χ0v) is 12.8. The topological polar surface area (TPSA) is 84.7 Å². The van der Waals surface area contributed by atoms with Gasteiger partial charge in [-0.05, 0) is 13.8 Å². The highest BCUT2D eigenvalue weighted by Crippen LogP contribution is 2.19. The third-order valence-corrected chi connectivity index (χ3v) is 4.02. The molecule has 7 nitrogen and oxygen atoms in total. The zero-order chi connectivity index (χ0) is 15.6. The lowest BCUT2D eigenvalue weighted by molar-refractivity contribution is -0.148. The van der Waals surface area contributed by atoms with Crippen LogP contribution in [0.4, 0.5) is 0 Å². The third kappa shape index (κ3) is 3.74. The number of aryl methyl sites for hydroxylation is 1. The van der Waals surface area contributed by atoms with E-state index in [1.54, 1.807) is 16.5 Å². The lowest BCUT2D eigenvalue weighted by atomic mass is 10.2. The molecule has 1 aromatic heterocycles. The van der Waals surface area contributed by atoms with Gasteiger partial charge in [0.05, 0.1) is 35.5 Å². The normalized spacial score (nSPS) is 18.8. The molecule has 2 rings (SSSR count). The lowest BCUT2D eigenvalue weighted by Gasteiger charge is -2.32. The largest absolute Gasteiger partial charge is 0.481 e. The standard InChI is InChI=1S/C13H18ClN3O4/c1-8-13(14)9(2)17(15-8)7-11(18)16-3-4-21-10(6-16)5-12(19)20/h10H,3-7H2,1-2H3,(H,19,20)/t10-/m1/s1. The molecular formula is C13H18ClN3O4.